The minimum absolute atomic E-state index is 0.261. The highest BCUT2D eigenvalue weighted by atomic mass is 32.1. The van der Waals surface area contributed by atoms with Crippen LogP contribution in [0.1, 0.15) is 64.8 Å². The Labute approximate surface area is 325 Å². The van der Waals surface area contributed by atoms with Gasteiger partial charge in [-0.2, -0.15) is 0 Å². The van der Waals surface area contributed by atoms with Gasteiger partial charge in [0, 0.05) is 48.1 Å². The molecule has 0 spiro atoms. The average molecular weight is 725 g/mol. The first-order valence-electron chi connectivity index (χ1n) is 19.6. The van der Waals surface area contributed by atoms with Crippen LogP contribution < -0.4 is 0 Å². The van der Waals surface area contributed by atoms with Crippen LogP contribution in [-0.2, 0) is 12.8 Å². The van der Waals surface area contributed by atoms with Gasteiger partial charge in [-0.3, -0.25) is 4.99 Å². The largest absolute Gasteiger partial charge is 0.308 e. The summed E-state index contributed by atoms with van der Waals surface area (Å²) in [5.74, 6) is 0.635. The van der Waals surface area contributed by atoms with Crippen LogP contribution in [0.3, 0.4) is 0 Å². The number of hydrogen-bond donors (Lipinski definition) is 0. The van der Waals surface area contributed by atoms with E-state index in [-0.39, 0.29) is 5.92 Å². The molecule has 0 bridgehead atoms. The van der Waals surface area contributed by atoms with Gasteiger partial charge in [-0.25, -0.2) is 0 Å². The van der Waals surface area contributed by atoms with Gasteiger partial charge in [-0.05, 0) is 95.3 Å². The van der Waals surface area contributed by atoms with Crippen molar-refractivity contribution in [2.75, 3.05) is 0 Å². The van der Waals surface area contributed by atoms with E-state index in [2.05, 4.69) is 176 Å². The first kappa shape index (κ1) is 32.4. The predicted molar refractivity (Wildman–Crippen MR) is 235 cm³/mol. The highest BCUT2D eigenvalue weighted by Gasteiger charge is 2.30. The first-order chi connectivity index (χ1) is 27.1. The number of rotatable bonds is 6. The lowest BCUT2D eigenvalue weighted by molar-refractivity contribution is 0.633. The van der Waals surface area contributed by atoms with Crippen molar-refractivity contribution in [2.45, 2.75) is 44.9 Å². The third kappa shape index (κ3) is 5.10. The number of benzene rings is 7. The molecule has 11 rings (SSSR count). The van der Waals surface area contributed by atoms with Crippen LogP contribution in [0.2, 0.25) is 0 Å². The van der Waals surface area contributed by atoms with Crippen molar-refractivity contribution < 1.29 is 0 Å². The monoisotopic (exact) mass is 724 g/mol. The molecule has 0 N–H and O–H groups in total. The zero-order chi connectivity index (χ0) is 36.6. The van der Waals surface area contributed by atoms with E-state index in [0.29, 0.717) is 5.92 Å². The zero-order valence-electron chi connectivity index (χ0n) is 31.1. The normalized spacial score (nSPS) is 15.2. The third-order valence-electron chi connectivity index (χ3n) is 12.3. The van der Waals surface area contributed by atoms with Crippen LogP contribution in [0.25, 0.3) is 59.3 Å². The van der Waals surface area contributed by atoms with Crippen molar-refractivity contribution in [2.24, 2.45) is 4.99 Å². The van der Waals surface area contributed by atoms with Crippen molar-refractivity contribution >= 4 is 70.9 Å². The average Bonchev–Trinajstić information content (AvgIpc) is 3.86. The standard InChI is InChI=1S/C52H40N2S/c1-32(35-14-4-3-5-15-35)52-50(42-20-10-13-23-47(42)55-52)53-33(2)36-26-24-34(25-27-36)30-38-29-28-37-16-6-7-17-39(37)43-31-44-40-18-8-11-21-45(40)54-46-22-12-9-19-41(46)49(48(38)43)51(44)54/h3-27,31-32,38H,28-30H2,1-2H3. The van der Waals surface area contributed by atoms with Gasteiger partial charge >= 0.3 is 0 Å². The Morgan fingerprint density at radius 1 is 0.691 bits per heavy atom. The molecule has 2 unspecified atom stereocenters. The number of thiophene rings is 1. The van der Waals surface area contributed by atoms with Gasteiger partial charge in [-0.1, -0.05) is 140 Å². The number of aliphatic imine (C=N–C) groups is 1. The molecule has 0 saturated carbocycles. The van der Waals surface area contributed by atoms with Crippen LogP contribution in [-0.4, -0.2) is 10.1 Å². The summed E-state index contributed by atoms with van der Waals surface area (Å²) in [4.78, 5) is 6.71. The Hall–Kier alpha value is -6.03. The molecule has 55 heavy (non-hydrogen) atoms. The molecule has 3 aromatic heterocycles. The topological polar surface area (TPSA) is 16.8 Å². The Kier molecular flexibility index (Phi) is 7.53. The number of aryl methyl sites for hydroxylation is 1. The first-order valence-corrected chi connectivity index (χ1v) is 20.4. The molecule has 3 heteroatoms. The van der Waals surface area contributed by atoms with E-state index in [1.165, 1.54) is 92.0 Å². The molecular weight excluding hydrogens is 685 g/mol. The molecule has 1 aliphatic carbocycles. The van der Waals surface area contributed by atoms with Gasteiger partial charge in [0.05, 0.1) is 22.2 Å². The molecule has 0 fully saturated rings. The van der Waals surface area contributed by atoms with Crippen LogP contribution in [0.5, 0.6) is 0 Å². The van der Waals surface area contributed by atoms with E-state index in [4.69, 9.17) is 4.99 Å². The van der Waals surface area contributed by atoms with Crippen molar-refractivity contribution in [3.63, 3.8) is 0 Å². The van der Waals surface area contributed by atoms with E-state index < -0.39 is 0 Å². The van der Waals surface area contributed by atoms with E-state index in [1.807, 2.05) is 11.3 Å². The molecule has 264 valence electrons. The lowest BCUT2D eigenvalue weighted by atomic mass is 9.83. The van der Waals surface area contributed by atoms with Gasteiger partial charge in [0.15, 0.2) is 0 Å². The smallest absolute Gasteiger partial charge is 0.0856 e. The lowest BCUT2D eigenvalue weighted by Gasteiger charge is -2.21. The predicted octanol–water partition coefficient (Wildman–Crippen LogP) is 14.3. The van der Waals surface area contributed by atoms with Crippen molar-refractivity contribution in [1.82, 2.24) is 4.40 Å². The van der Waals surface area contributed by atoms with E-state index >= 15 is 0 Å². The van der Waals surface area contributed by atoms with Crippen LogP contribution >= 0.6 is 11.3 Å². The van der Waals surface area contributed by atoms with Gasteiger partial charge in [0.1, 0.15) is 0 Å². The summed E-state index contributed by atoms with van der Waals surface area (Å²) in [6.07, 6.45) is 3.18. The molecular formula is C52H40N2S. The maximum Gasteiger partial charge on any atom is 0.0856 e. The Bertz CT molecular complexity index is 3090. The number of hydrogen-bond acceptors (Lipinski definition) is 2. The maximum absolute atomic E-state index is 5.40. The number of para-hydroxylation sites is 2. The van der Waals surface area contributed by atoms with Gasteiger partial charge in [-0.15, -0.1) is 11.3 Å². The molecule has 1 aliphatic rings. The van der Waals surface area contributed by atoms with Gasteiger partial charge in [0.25, 0.3) is 0 Å². The zero-order valence-corrected chi connectivity index (χ0v) is 31.9. The summed E-state index contributed by atoms with van der Waals surface area (Å²) in [6.45, 7) is 4.48. The molecule has 0 radical (unpaired) electrons. The van der Waals surface area contributed by atoms with Gasteiger partial charge < -0.3 is 4.40 Å². The van der Waals surface area contributed by atoms with E-state index in [9.17, 15) is 0 Å². The van der Waals surface area contributed by atoms with E-state index in [0.717, 1.165) is 30.7 Å². The van der Waals surface area contributed by atoms with Crippen LogP contribution in [0, 0.1) is 0 Å². The van der Waals surface area contributed by atoms with Gasteiger partial charge in [0.2, 0.25) is 0 Å². The molecule has 2 nitrogen and oxygen atoms in total. The van der Waals surface area contributed by atoms with Crippen LogP contribution in [0.4, 0.5) is 5.69 Å². The summed E-state index contributed by atoms with van der Waals surface area (Å²) >= 11 is 1.87. The second kappa shape index (κ2) is 12.8. The summed E-state index contributed by atoms with van der Waals surface area (Å²) in [7, 11) is 0. The van der Waals surface area contributed by atoms with Crippen molar-refractivity contribution in [3.8, 4) is 11.1 Å². The number of nitrogens with zero attached hydrogens (tertiary/aromatic N) is 2. The Balaban J connectivity index is 1.01. The Morgan fingerprint density at radius 2 is 1.36 bits per heavy atom. The highest BCUT2D eigenvalue weighted by molar-refractivity contribution is 7.19. The fourth-order valence-corrected chi connectivity index (χ4v) is 10.8. The fourth-order valence-electron chi connectivity index (χ4n) is 9.62. The fraction of sp³-hybridized carbons (Fsp3) is 0.135. The molecule has 0 amide bonds. The quantitative estimate of drug-likeness (QED) is 0.152. The molecule has 7 aromatic carbocycles. The molecule has 10 aromatic rings. The summed E-state index contributed by atoms with van der Waals surface area (Å²) in [5.41, 5.74) is 15.7. The van der Waals surface area contributed by atoms with Crippen molar-refractivity contribution in [3.05, 3.63) is 190 Å². The molecule has 0 saturated heterocycles. The summed E-state index contributed by atoms with van der Waals surface area (Å²) < 4.78 is 3.82. The number of fused-ring (bicyclic) bond motifs is 11. The Morgan fingerprint density at radius 3 is 2.18 bits per heavy atom. The molecule has 0 aliphatic heterocycles. The summed E-state index contributed by atoms with van der Waals surface area (Å²) in [6, 6.07) is 58.5. The minimum atomic E-state index is 0.261. The SMILES string of the molecule is CC(=Nc1c(C(C)c2ccccc2)sc2ccccc12)c1ccc(CC2CCc3ccccc3-c3cc4c5ccccc5n5c6ccccc6c(c32)c45)cc1. The van der Waals surface area contributed by atoms with Crippen LogP contribution in [0.15, 0.2) is 163 Å². The maximum atomic E-state index is 5.40. The third-order valence-corrected chi connectivity index (χ3v) is 13.7. The summed E-state index contributed by atoms with van der Waals surface area (Å²) in [5, 5.41) is 6.72. The molecule has 3 heterocycles. The second-order valence-corrected chi connectivity index (χ2v) is 16.5. The lowest BCUT2D eigenvalue weighted by Crippen LogP contribution is -2.06. The highest BCUT2D eigenvalue weighted by Crippen LogP contribution is 2.50. The van der Waals surface area contributed by atoms with E-state index in [1.54, 1.807) is 0 Å². The second-order valence-electron chi connectivity index (χ2n) is 15.4. The van der Waals surface area contributed by atoms with Crippen molar-refractivity contribution in [1.29, 1.82) is 0 Å². The molecule has 2 atom stereocenters. The number of aromatic nitrogens is 1. The minimum Gasteiger partial charge on any atom is -0.308 e.